The zero-order chi connectivity index (χ0) is 25.2. The highest BCUT2D eigenvalue weighted by Crippen LogP contribution is 2.24. The lowest BCUT2D eigenvalue weighted by atomic mass is 10.2. The molecule has 0 bridgehead atoms. The van der Waals surface area contributed by atoms with Gasteiger partial charge in [-0.2, -0.15) is 14.6 Å². The molecule has 0 aliphatic heterocycles. The van der Waals surface area contributed by atoms with Gasteiger partial charge < -0.3 is 9.30 Å². The molecule has 4 rings (SSSR count). The SMILES string of the molecule is Cc1ccc(OCCCn2cccc2C=C(C#N)C(=O)Nc2nc(SCc3ccccc3)ns2)cc1. The van der Waals surface area contributed by atoms with Crippen molar-refractivity contribution in [3.05, 3.63) is 95.3 Å². The van der Waals surface area contributed by atoms with Crippen molar-refractivity contribution in [1.29, 1.82) is 5.26 Å². The predicted molar refractivity (Wildman–Crippen MR) is 144 cm³/mol. The molecule has 1 amide bonds. The number of amides is 1. The van der Waals surface area contributed by atoms with E-state index in [1.807, 2.05) is 90.5 Å². The minimum Gasteiger partial charge on any atom is -0.494 e. The number of aromatic nitrogens is 3. The molecule has 7 nitrogen and oxygen atoms in total. The Labute approximate surface area is 218 Å². The Bertz CT molecular complexity index is 1350. The number of nitrogens with zero attached hydrogens (tertiary/aromatic N) is 4. The van der Waals surface area contributed by atoms with E-state index in [9.17, 15) is 10.1 Å². The Morgan fingerprint density at radius 1 is 1.17 bits per heavy atom. The van der Waals surface area contributed by atoms with Gasteiger partial charge in [-0.3, -0.25) is 10.1 Å². The van der Waals surface area contributed by atoms with Gasteiger partial charge in [0.25, 0.3) is 5.91 Å². The van der Waals surface area contributed by atoms with Gasteiger partial charge in [0.1, 0.15) is 17.4 Å². The molecule has 9 heteroatoms. The van der Waals surface area contributed by atoms with E-state index in [1.54, 1.807) is 6.08 Å². The minimum absolute atomic E-state index is 0.000422. The number of hydrogen-bond acceptors (Lipinski definition) is 7. The molecule has 0 spiro atoms. The van der Waals surface area contributed by atoms with Crippen LogP contribution in [0.2, 0.25) is 0 Å². The summed E-state index contributed by atoms with van der Waals surface area (Å²) in [4.78, 5) is 17.1. The lowest BCUT2D eigenvalue weighted by Gasteiger charge is -2.09. The van der Waals surface area contributed by atoms with Crippen molar-refractivity contribution < 1.29 is 9.53 Å². The number of carbonyl (C=O) groups excluding carboxylic acids is 1. The number of ether oxygens (including phenoxy) is 1. The Balaban J connectivity index is 1.30. The van der Waals surface area contributed by atoms with E-state index < -0.39 is 5.91 Å². The molecule has 182 valence electrons. The first-order chi connectivity index (χ1) is 17.6. The van der Waals surface area contributed by atoms with E-state index >= 15 is 0 Å². The Kier molecular flexibility index (Phi) is 8.92. The zero-order valence-electron chi connectivity index (χ0n) is 19.8. The van der Waals surface area contributed by atoms with Crippen LogP contribution in [-0.2, 0) is 17.1 Å². The quantitative estimate of drug-likeness (QED) is 0.115. The van der Waals surface area contributed by atoms with Crippen molar-refractivity contribution in [3.8, 4) is 11.8 Å². The van der Waals surface area contributed by atoms with E-state index in [0.29, 0.717) is 23.4 Å². The van der Waals surface area contributed by atoms with Crippen molar-refractivity contribution in [2.75, 3.05) is 11.9 Å². The molecule has 0 fully saturated rings. The van der Waals surface area contributed by atoms with Gasteiger partial charge in [0.05, 0.1) is 6.61 Å². The van der Waals surface area contributed by atoms with Crippen LogP contribution in [0.15, 0.2) is 83.7 Å². The average molecular weight is 516 g/mol. The normalized spacial score (nSPS) is 11.2. The number of nitrogens with one attached hydrogen (secondary N) is 1. The minimum atomic E-state index is -0.510. The van der Waals surface area contributed by atoms with Crippen LogP contribution in [0.1, 0.15) is 23.2 Å². The lowest BCUT2D eigenvalue weighted by molar-refractivity contribution is -0.112. The number of benzene rings is 2. The molecule has 36 heavy (non-hydrogen) atoms. The van der Waals surface area contributed by atoms with Gasteiger partial charge in [-0.25, -0.2) is 0 Å². The van der Waals surface area contributed by atoms with E-state index in [4.69, 9.17) is 4.74 Å². The van der Waals surface area contributed by atoms with Gasteiger partial charge >= 0.3 is 0 Å². The van der Waals surface area contributed by atoms with E-state index in [0.717, 1.165) is 35.1 Å². The van der Waals surface area contributed by atoms with Gasteiger partial charge in [0.15, 0.2) is 0 Å². The van der Waals surface area contributed by atoms with Gasteiger partial charge in [-0.15, -0.1) is 0 Å². The fourth-order valence-electron chi connectivity index (χ4n) is 3.32. The number of rotatable bonds is 11. The highest BCUT2D eigenvalue weighted by Gasteiger charge is 2.14. The summed E-state index contributed by atoms with van der Waals surface area (Å²) < 4.78 is 12.1. The van der Waals surface area contributed by atoms with Gasteiger partial charge in [-0.1, -0.05) is 59.8 Å². The fourth-order valence-corrected chi connectivity index (χ4v) is 4.82. The second-order valence-electron chi connectivity index (χ2n) is 7.92. The van der Waals surface area contributed by atoms with Gasteiger partial charge in [-0.05, 0) is 49.2 Å². The summed E-state index contributed by atoms with van der Waals surface area (Å²) >= 11 is 2.59. The number of hydrogen-bond donors (Lipinski definition) is 1. The summed E-state index contributed by atoms with van der Waals surface area (Å²) in [7, 11) is 0. The van der Waals surface area contributed by atoms with Crippen molar-refractivity contribution in [2.24, 2.45) is 0 Å². The highest BCUT2D eigenvalue weighted by atomic mass is 32.2. The molecule has 0 atom stereocenters. The molecule has 2 heterocycles. The first kappa shape index (κ1) is 25.2. The number of thioether (sulfide) groups is 1. The van der Waals surface area contributed by atoms with E-state index in [1.165, 1.54) is 22.9 Å². The summed E-state index contributed by atoms with van der Waals surface area (Å²) in [6, 6.07) is 23.7. The van der Waals surface area contributed by atoms with Crippen LogP contribution in [0.3, 0.4) is 0 Å². The second kappa shape index (κ2) is 12.7. The molecule has 0 saturated heterocycles. The third-order valence-corrected chi connectivity index (χ3v) is 6.86. The van der Waals surface area contributed by atoms with Crippen LogP contribution in [0.25, 0.3) is 6.08 Å². The first-order valence-electron chi connectivity index (χ1n) is 11.4. The molecule has 0 radical (unpaired) electrons. The van der Waals surface area contributed by atoms with Crippen LogP contribution < -0.4 is 10.1 Å². The number of aryl methyl sites for hydroxylation is 2. The Morgan fingerprint density at radius 3 is 2.75 bits per heavy atom. The van der Waals surface area contributed by atoms with Crippen LogP contribution in [0.4, 0.5) is 5.13 Å². The summed E-state index contributed by atoms with van der Waals surface area (Å²) in [5.74, 6) is 1.07. The molecule has 0 unspecified atom stereocenters. The molecule has 2 aromatic carbocycles. The second-order valence-corrected chi connectivity index (χ2v) is 9.62. The number of carbonyl (C=O) groups is 1. The summed E-state index contributed by atoms with van der Waals surface area (Å²) in [6.07, 6.45) is 4.29. The van der Waals surface area contributed by atoms with Crippen LogP contribution >= 0.6 is 23.3 Å². The zero-order valence-corrected chi connectivity index (χ0v) is 21.4. The highest BCUT2D eigenvalue weighted by molar-refractivity contribution is 7.98. The van der Waals surface area contributed by atoms with Crippen LogP contribution in [0, 0.1) is 18.3 Å². The first-order valence-corrected chi connectivity index (χ1v) is 13.1. The van der Waals surface area contributed by atoms with Gasteiger partial charge in [0, 0.05) is 35.7 Å². The van der Waals surface area contributed by atoms with Crippen molar-refractivity contribution in [2.45, 2.75) is 30.8 Å². The molecule has 0 aliphatic rings. The van der Waals surface area contributed by atoms with Crippen molar-refractivity contribution >= 4 is 40.4 Å². The molecule has 0 saturated carbocycles. The molecule has 2 aromatic heterocycles. The standard InChI is InChI=1S/C27H25N5O2S2/c1-20-10-12-24(13-11-20)34-16-6-15-32-14-5-9-23(32)17-22(18-28)25(33)29-26-30-27(31-36-26)35-19-21-7-3-2-4-8-21/h2-5,7-14,17H,6,15-16,19H2,1H3,(H,29,30,31,33). The number of anilines is 1. The average Bonchev–Trinajstić information content (AvgIpc) is 3.54. The van der Waals surface area contributed by atoms with E-state index in [2.05, 4.69) is 14.7 Å². The van der Waals surface area contributed by atoms with Crippen molar-refractivity contribution in [1.82, 2.24) is 13.9 Å². The Morgan fingerprint density at radius 2 is 1.97 bits per heavy atom. The summed E-state index contributed by atoms with van der Waals surface area (Å²) in [5.41, 5.74) is 3.13. The third kappa shape index (κ3) is 7.31. The predicted octanol–water partition coefficient (Wildman–Crippen LogP) is 5.96. The molecule has 0 aliphatic carbocycles. The summed E-state index contributed by atoms with van der Waals surface area (Å²) in [5, 5.41) is 13.2. The fraction of sp³-hybridized carbons (Fsp3) is 0.185. The third-order valence-electron chi connectivity index (χ3n) is 5.19. The number of nitriles is 1. The maximum atomic E-state index is 12.7. The smallest absolute Gasteiger partial charge is 0.268 e. The van der Waals surface area contributed by atoms with Crippen LogP contribution in [0.5, 0.6) is 5.75 Å². The van der Waals surface area contributed by atoms with Crippen molar-refractivity contribution in [3.63, 3.8) is 0 Å². The van der Waals surface area contributed by atoms with Crippen LogP contribution in [-0.4, -0.2) is 26.4 Å². The van der Waals surface area contributed by atoms with E-state index in [-0.39, 0.29) is 5.57 Å². The molecule has 1 N–H and O–H groups in total. The van der Waals surface area contributed by atoms with Gasteiger partial charge in [0.2, 0.25) is 10.3 Å². The molecular formula is C27H25N5O2S2. The largest absolute Gasteiger partial charge is 0.494 e. The molecular weight excluding hydrogens is 490 g/mol. The maximum Gasteiger partial charge on any atom is 0.268 e. The maximum absolute atomic E-state index is 12.7. The topological polar surface area (TPSA) is 92.8 Å². The summed E-state index contributed by atoms with van der Waals surface area (Å²) in [6.45, 7) is 3.30. The molecule has 4 aromatic rings. The Hall–Kier alpha value is -3.87. The monoisotopic (exact) mass is 515 g/mol. The lowest BCUT2D eigenvalue weighted by Crippen LogP contribution is -2.13.